The first-order valence-electron chi connectivity index (χ1n) is 7.21. The molecule has 1 aliphatic heterocycles. The minimum Gasteiger partial charge on any atom is -0.337 e. The number of thiazole rings is 1. The molecule has 0 radical (unpaired) electrons. The molecule has 1 aromatic carbocycles. The zero-order chi connectivity index (χ0) is 14.8. The van der Waals surface area contributed by atoms with Gasteiger partial charge in [-0.25, -0.2) is 9.78 Å². The molecular weight excluding hydrogens is 282 g/mol. The van der Waals surface area contributed by atoms with E-state index in [1.54, 1.807) is 11.3 Å². The number of hydrogen-bond donors (Lipinski definition) is 1. The minimum atomic E-state index is -0.0132. The van der Waals surface area contributed by atoms with Crippen LogP contribution in [-0.2, 0) is 12.8 Å². The SMILES string of the molecule is Cc1cnc(CCNC(=O)N2c3ccccc3CC2C)s1. The Kier molecular flexibility index (Phi) is 3.92. The summed E-state index contributed by atoms with van der Waals surface area (Å²) in [5.41, 5.74) is 2.28. The second-order valence-electron chi connectivity index (χ2n) is 5.40. The van der Waals surface area contributed by atoms with Crippen LogP contribution in [0, 0.1) is 6.92 Å². The number of amides is 2. The van der Waals surface area contributed by atoms with Crippen LogP contribution in [0.4, 0.5) is 10.5 Å². The predicted molar refractivity (Wildman–Crippen MR) is 86.0 cm³/mol. The molecule has 2 amide bonds. The van der Waals surface area contributed by atoms with E-state index in [-0.39, 0.29) is 12.1 Å². The van der Waals surface area contributed by atoms with E-state index in [9.17, 15) is 4.79 Å². The van der Waals surface area contributed by atoms with Crippen molar-refractivity contribution in [1.82, 2.24) is 10.3 Å². The van der Waals surface area contributed by atoms with Gasteiger partial charge in [-0.1, -0.05) is 18.2 Å². The molecule has 0 saturated carbocycles. The van der Waals surface area contributed by atoms with Gasteiger partial charge in [0.25, 0.3) is 0 Å². The number of anilines is 1. The molecule has 1 aliphatic rings. The molecule has 1 aromatic heterocycles. The number of nitrogens with one attached hydrogen (secondary N) is 1. The van der Waals surface area contributed by atoms with E-state index in [2.05, 4.69) is 23.3 Å². The number of carbonyl (C=O) groups excluding carboxylic acids is 1. The summed E-state index contributed by atoms with van der Waals surface area (Å²) in [6, 6.07) is 8.32. The van der Waals surface area contributed by atoms with Gasteiger partial charge in [-0.15, -0.1) is 11.3 Å². The number of fused-ring (bicyclic) bond motifs is 1. The molecule has 2 aromatic rings. The lowest BCUT2D eigenvalue weighted by Crippen LogP contribution is -2.43. The highest BCUT2D eigenvalue weighted by atomic mass is 32.1. The summed E-state index contributed by atoms with van der Waals surface area (Å²) in [5, 5.41) is 4.08. The van der Waals surface area contributed by atoms with Crippen molar-refractivity contribution in [3.8, 4) is 0 Å². The third-order valence-electron chi connectivity index (χ3n) is 3.71. The highest BCUT2D eigenvalue weighted by Gasteiger charge is 2.30. The lowest BCUT2D eigenvalue weighted by atomic mass is 10.1. The Hall–Kier alpha value is -1.88. The molecule has 0 aliphatic carbocycles. The van der Waals surface area contributed by atoms with Gasteiger partial charge in [0.1, 0.15) is 0 Å². The summed E-state index contributed by atoms with van der Waals surface area (Å²) in [6.07, 6.45) is 3.59. The van der Waals surface area contributed by atoms with E-state index < -0.39 is 0 Å². The third-order valence-corrected chi connectivity index (χ3v) is 4.68. The number of aromatic nitrogens is 1. The van der Waals surface area contributed by atoms with Gasteiger partial charge in [-0.2, -0.15) is 0 Å². The van der Waals surface area contributed by atoms with Gasteiger partial charge in [0.05, 0.1) is 5.01 Å². The molecule has 110 valence electrons. The summed E-state index contributed by atoms with van der Waals surface area (Å²) in [7, 11) is 0. The summed E-state index contributed by atoms with van der Waals surface area (Å²) >= 11 is 1.68. The maximum atomic E-state index is 12.4. The molecule has 0 saturated heterocycles. The second-order valence-corrected chi connectivity index (χ2v) is 6.72. The van der Waals surface area contributed by atoms with Crippen molar-refractivity contribution in [1.29, 1.82) is 0 Å². The largest absolute Gasteiger partial charge is 0.337 e. The highest BCUT2D eigenvalue weighted by molar-refractivity contribution is 7.11. The average Bonchev–Trinajstić information content (AvgIpc) is 3.01. The molecule has 4 nitrogen and oxygen atoms in total. The van der Waals surface area contributed by atoms with Crippen LogP contribution in [0.2, 0.25) is 0 Å². The van der Waals surface area contributed by atoms with Crippen LogP contribution in [0.15, 0.2) is 30.5 Å². The number of urea groups is 1. The van der Waals surface area contributed by atoms with Crippen molar-refractivity contribution in [2.45, 2.75) is 32.7 Å². The van der Waals surface area contributed by atoms with Gasteiger partial charge >= 0.3 is 6.03 Å². The zero-order valence-electron chi connectivity index (χ0n) is 12.3. The smallest absolute Gasteiger partial charge is 0.322 e. The monoisotopic (exact) mass is 301 g/mol. The topological polar surface area (TPSA) is 45.2 Å². The molecule has 21 heavy (non-hydrogen) atoms. The van der Waals surface area contributed by atoms with E-state index in [0.29, 0.717) is 6.54 Å². The molecule has 1 unspecified atom stereocenters. The lowest BCUT2D eigenvalue weighted by Gasteiger charge is -2.23. The maximum Gasteiger partial charge on any atom is 0.322 e. The molecule has 5 heteroatoms. The van der Waals surface area contributed by atoms with Crippen LogP contribution in [0.5, 0.6) is 0 Å². The lowest BCUT2D eigenvalue weighted by molar-refractivity contribution is 0.245. The minimum absolute atomic E-state index is 0.0132. The molecule has 0 fully saturated rings. The normalized spacial score (nSPS) is 16.9. The number of rotatable bonds is 3. The Morgan fingerprint density at radius 1 is 1.48 bits per heavy atom. The van der Waals surface area contributed by atoms with Gasteiger partial charge in [-0.05, 0) is 31.9 Å². The van der Waals surface area contributed by atoms with E-state index in [4.69, 9.17) is 0 Å². The van der Waals surface area contributed by atoms with E-state index >= 15 is 0 Å². The van der Waals surface area contributed by atoms with Crippen molar-refractivity contribution in [2.75, 3.05) is 11.4 Å². The number of para-hydroxylation sites is 1. The van der Waals surface area contributed by atoms with Gasteiger partial charge in [0.15, 0.2) is 0 Å². The first-order chi connectivity index (χ1) is 10.1. The molecular formula is C16H19N3OS. The fourth-order valence-electron chi connectivity index (χ4n) is 2.75. The highest BCUT2D eigenvalue weighted by Crippen LogP contribution is 2.31. The molecule has 1 atom stereocenters. The van der Waals surface area contributed by atoms with E-state index in [1.807, 2.05) is 36.2 Å². The Balaban J connectivity index is 1.60. The second kappa shape index (κ2) is 5.85. The van der Waals surface area contributed by atoms with Gasteiger partial charge in [0, 0.05) is 35.8 Å². The zero-order valence-corrected chi connectivity index (χ0v) is 13.1. The van der Waals surface area contributed by atoms with E-state index in [0.717, 1.165) is 23.5 Å². The molecule has 3 rings (SSSR count). The van der Waals surface area contributed by atoms with Gasteiger partial charge < -0.3 is 5.32 Å². The van der Waals surface area contributed by atoms with Crippen LogP contribution in [-0.4, -0.2) is 23.6 Å². The Morgan fingerprint density at radius 3 is 3.05 bits per heavy atom. The average molecular weight is 301 g/mol. The Labute approximate surface area is 128 Å². The fraction of sp³-hybridized carbons (Fsp3) is 0.375. The molecule has 0 bridgehead atoms. The van der Waals surface area contributed by atoms with Crippen molar-refractivity contribution < 1.29 is 4.79 Å². The van der Waals surface area contributed by atoms with Crippen LogP contribution in [0.25, 0.3) is 0 Å². The number of benzene rings is 1. The quantitative estimate of drug-likeness (QED) is 0.946. The number of nitrogens with zero attached hydrogens (tertiary/aromatic N) is 2. The first-order valence-corrected chi connectivity index (χ1v) is 8.03. The standard InChI is InChI=1S/C16H19N3OS/c1-11-9-13-5-3-4-6-14(13)19(11)16(20)17-8-7-15-18-10-12(2)21-15/h3-6,10-11H,7-9H2,1-2H3,(H,17,20). The molecule has 1 N–H and O–H groups in total. The number of aryl methyl sites for hydroxylation is 1. The molecule has 2 heterocycles. The van der Waals surface area contributed by atoms with Crippen molar-refractivity contribution in [3.63, 3.8) is 0 Å². The van der Waals surface area contributed by atoms with Crippen molar-refractivity contribution in [2.24, 2.45) is 0 Å². The van der Waals surface area contributed by atoms with Crippen LogP contribution in [0.1, 0.15) is 22.4 Å². The van der Waals surface area contributed by atoms with Crippen LogP contribution >= 0.6 is 11.3 Å². The first kappa shape index (κ1) is 14.1. The number of hydrogen-bond acceptors (Lipinski definition) is 3. The predicted octanol–water partition coefficient (Wildman–Crippen LogP) is 3.15. The van der Waals surface area contributed by atoms with Crippen LogP contribution < -0.4 is 10.2 Å². The summed E-state index contributed by atoms with van der Waals surface area (Å²) in [6.45, 7) is 4.75. The summed E-state index contributed by atoms with van der Waals surface area (Å²) in [5.74, 6) is 0. The Morgan fingerprint density at radius 2 is 2.29 bits per heavy atom. The van der Waals surface area contributed by atoms with Crippen LogP contribution in [0.3, 0.4) is 0 Å². The van der Waals surface area contributed by atoms with Gasteiger partial charge in [-0.3, -0.25) is 4.90 Å². The van der Waals surface area contributed by atoms with Gasteiger partial charge in [0.2, 0.25) is 0 Å². The van der Waals surface area contributed by atoms with E-state index in [1.165, 1.54) is 10.4 Å². The van der Waals surface area contributed by atoms with Crippen molar-refractivity contribution >= 4 is 23.1 Å². The fourth-order valence-corrected chi connectivity index (χ4v) is 3.54. The maximum absolute atomic E-state index is 12.4. The Bertz CT molecular complexity index is 652. The summed E-state index contributed by atoms with van der Waals surface area (Å²) < 4.78 is 0. The third kappa shape index (κ3) is 2.93. The van der Waals surface area contributed by atoms with Crippen molar-refractivity contribution in [3.05, 3.63) is 45.9 Å². The summed E-state index contributed by atoms with van der Waals surface area (Å²) in [4.78, 5) is 19.8. The number of carbonyl (C=O) groups is 1. The molecule has 0 spiro atoms.